The minimum Gasteiger partial charge on any atom is -0.0622 e. The Labute approximate surface area is 70.4 Å². The summed E-state index contributed by atoms with van der Waals surface area (Å²) >= 11 is 0. The van der Waals surface area contributed by atoms with Crippen molar-refractivity contribution in [3.8, 4) is 0 Å². The van der Waals surface area contributed by atoms with Gasteiger partial charge in [0.25, 0.3) is 0 Å². The molecule has 2 rings (SSSR count). The zero-order chi connectivity index (χ0) is 8.28. The zero-order valence-electron chi connectivity index (χ0n) is 8.28. The van der Waals surface area contributed by atoms with Gasteiger partial charge in [0.05, 0.1) is 0 Å². The Kier molecular flexibility index (Phi) is 1.28. The van der Waals surface area contributed by atoms with Crippen LogP contribution in [-0.4, -0.2) is 0 Å². The van der Waals surface area contributed by atoms with Gasteiger partial charge in [-0.2, -0.15) is 0 Å². The summed E-state index contributed by atoms with van der Waals surface area (Å²) in [5, 5.41) is 0. The van der Waals surface area contributed by atoms with Crippen molar-refractivity contribution in [3.05, 3.63) is 0 Å². The standard InChI is InChI=1S/C11H20/c1-8(2)11(5-6-11)10(4)7-9(10)3/h8-9H,5-7H2,1-4H3. The summed E-state index contributed by atoms with van der Waals surface area (Å²) in [6, 6.07) is 0. The summed E-state index contributed by atoms with van der Waals surface area (Å²) in [6.07, 6.45) is 4.50. The predicted molar refractivity (Wildman–Crippen MR) is 48.4 cm³/mol. The largest absolute Gasteiger partial charge is 0.0622 e. The van der Waals surface area contributed by atoms with Crippen molar-refractivity contribution < 1.29 is 0 Å². The molecule has 0 heteroatoms. The van der Waals surface area contributed by atoms with Crippen LogP contribution in [0.25, 0.3) is 0 Å². The molecule has 0 radical (unpaired) electrons. The highest BCUT2D eigenvalue weighted by Crippen LogP contribution is 2.75. The molecule has 2 fully saturated rings. The van der Waals surface area contributed by atoms with E-state index in [1.807, 2.05) is 0 Å². The molecule has 2 aliphatic carbocycles. The van der Waals surface area contributed by atoms with E-state index in [9.17, 15) is 0 Å². The molecule has 0 saturated heterocycles. The molecule has 64 valence electrons. The summed E-state index contributed by atoms with van der Waals surface area (Å²) in [7, 11) is 0. The molecule has 2 aliphatic rings. The summed E-state index contributed by atoms with van der Waals surface area (Å²) in [4.78, 5) is 0. The summed E-state index contributed by atoms with van der Waals surface area (Å²) < 4.78 is 0. The molecule has 0 amide bonds. The van der Waals surface area contributed by atoms with Gasteiger partial charge in [0.2, 0.25) is 0 Å². The Hall–Kier alpha value is 0. The summed E-state index contributed by atoms with van der Waals surface area (Å²) in [5.41, 5.74) is 1.51. The fourth-order valence-electron chi connectivity index (χ4n) is 3.21. The van der Waals surface area contributed by atoms with Gasteiger partial charge in [-0.15, -0.1) is 0 Å². The van der Waals surface area contributed by atoms with E-state index in [-0.39, 0.29) is 0 Å². The van der Waals surface area contributed by atoms with Gasteiger partial charge < -0.3 is 0 Å². The topological polar surface area (TPSA) is 0 Å². The van der Waals surface area contributed by atoms with E-state index in [2.05, 4.69) is 27.7 Å². The molecule has 0 N–H and O–H groups in total. The van der Waals surface area contributed by atoms with Crippen molar-refractivity contribution in [2.45, 2.75) is 47.0 Å². The van der Waals surface area contributed by atoms with Crippen LogP contribution in [0.4, 0.5) is 0 Å². The molecule has 0 aromatic carbocycles. The third kappa shape index (κ3) is 0.761. The van der Waals surface area contributed by atoms with Crippen molar-refractivity contribution in [2.75, 3.05) is 0 Å². The monoisotopic (exact) mass is 152 g/mol. The minimum absolute atomic E-state index is 0.737. The third-order valence-corrected chi connectivity index (χ3v) is 4.69. The van der Waals surface area contributed by atoms with E-state index in [0.29, 0.717) is 0 Å². The highest BCUT2D eigenvalue weighted by atomic mass is 14.7. The Morgan fingerprint density at radius 3 is 1.82 bits per heavy atom. The number of hydrogen-bond acceptors (Lipinski definition) is 0. The smallest absolute Gasteiger partial charge is 0.0217 e. The molecule has 0 spiro atoms. The van der Waals surface area contributed by atoms with Crippen LogP contribution in [-0.2, 0) is 0 Å². The Bertz CT molecular complexity index is 176. The average molecular weight is 152 g/mol. The lowest BCUT2D eigenvalue weighted by molar-refractivity contribution is 0.204. The van der Waals surface area contributed by atoms with Crippen molar-refractivity contribution in [3.63, 3.8) is 0 Å². The fourth-order valence-corrected chi connectivity index (χ4v) is 3.21. The summed E-state index contributed by atoms with van der Waals surface area (Å²) in [5.74, 6) is 1.92. The molecular weight excluding hydrogens is 132 g/mol. The molecule has 0 heterocycles. The van der Waals surface area contributed by atoms with Gasteiger partial charge in [-0.3, -0.25) is 0 Å². The molecule has 0 nitrogen and oxygen atoms in total. The van der Waals surface area contributed by atoms with Gasteiger partial charge in [0.1, 0.15) is 0 Å². The normalized spacial score (nSPS) is 46.1. The van der Waals surface area contributed by atoms with Gasteiger partial charge in [0.15, 0.2) is 0 Å². The summed E-state index contributed by atoms with van der Waals surface area (Å²) in [6.45, 7) is 9.74. The highest BCUT2D eigenvalue weighted by Gasteiger charge is 2.67. The maximum absolute atomic E-state index is 2.50. The first-order valence-electron chi connectivity index (χ1n) is 5.03. The second kappa shape index (κ2) is 1.84. The van der Waals surface area contributed by atoms with E-state index in [4.69, 9.17) is 0 Å². The molecule has 0 aromatic rings. The van der Waals surface area contributed by atoms with Crippen LogP contribution >= 0.6 is 0 Å². The van der Waals surface area contributed by atoms with Crippen LogP contribution in [0.3, 0.4) is 0 Å². The van der Waals surface area contributed by atoms with Gasteiger partial charge in [-0.1, -0.05) is 27.7 Å². The van der Waals surface area contributed by atoms with E-state index in [1.165, 1.54) is 19.3 Å². The van der Waals surface area contributed by atoms with Gasteiger partial charge in [-0.25, -0.2) is 0 Å². The van der Waals surface area contributed by atoms with Crippen molar-refractivity contribution in [1.29, 1.82) is 0 Å². The van der Waals surface area contributed by atoms with Gasteiger partial charge in [-0.05, 0) is 41.9 Å². The van der Waals surface area contributed by atoms with Crippen LogP contribution < -0.4 is 0 Å². The molecule has 0 bridgehead atoms. The number of hydrogen-bond donors (Lipinski definition) is 0. The lowest BCUT2D eigenvalue weighted by atomic mass is 9.77. The highest BCUT2D eigenvalue weighted by molar-refractivity contribution is 5.16. The second-order valence-electron chi connectivity index (χ2n) is 5.33. The Morgan fingerprint density at radius 2 is 1.73 bits per heavy atom. The molecule has 2 unspecified atom stereocenters. The first-order valence-corrected chi connectivity index (χ1v) is 5.03. The van der Waals surface area contributed by atoms with Crippen LogP contribution in [0.15, 0.2) is 0 Å². The first kappa shape index (κ1) is 7.64. The van der Waals surface area contributed by atoms with Gasteiger partial charge in [0, 0.05) is 0 Å². The van der Waals surface area contributed by atoms with Crippen molar-refractivity contribution in [2.24, 2.45) is 22.7 Å². The van der Waals surface area contributed by atoms with Gasteiger partial charge >= 0.3 is 0 Å². The molecule has 0 aromatic heterocycles. The lowest BCUT2D eigenvalue weighted by Gasteiger charge is -2.28. The molecule has 2 atom stereocenters. The van der Waals surface area contributed by atoms with Crippen LogP contribution in [0.1, 0.15) is 47.0 Å². The molecule has 11 heavy (non-hydrogen) atoms. The minimum atomic E-state index is 0.737. The van der Waals surface area contributed by atoms with E-state index in [1.54, 1.807) is 0 Å². The van der Waals surface area contributed by atoms with E-state index >= 15 is 0 Å². The lowest BCUT2D eigenvalue weighted by Crippen LogP contribution is -2.21. The van der Waals surface area contributed by atoms with Crippen molar-refractivity contribution >= 4 is 0 Å². The quantitative estimate of drug-likeness (QED) is 0.568. The van der Waals surface area contributed by atoms with Crippen LogP contribution in [0, 0.1) is 22.7 Å². The maximum atomic E-state index is 2.50. The first-order chi connectivity index (χ1) is 5.03. The van der Waals surface area contributed by atoms with Crippen molar-refractivity contribution in [1.82, 2.24) is 0 Å². The average Bonchev–Trinajstić information content (AvgIpc) is 2.70. The van der Waals surface area contributed by atoms with E-state index < -0.39 is 0 Å². The van der Waals surface area contributed by atoms with Crippen LogP contribution in [0.5, 0.6) is 0 Å². The zero-order valence-corrected chi connectivity index (χ0v) is 8.28. The molecule has 2 saturated carbocycles. The third-order valence-electron chi connectivity index (χ3n) is 4.69. The SMILES string of the molecule is CC1CC1(C)C1(C(C)C)CC1. The second-order valence-corrected chi connectivity index (χ2v) is 5.33. The predicted octanol–water partition coefficient (Wildman–Crippen LogP) is 3.47. The number of rotatable bonds is 2. The molecular formula is C11H20. The maximum Gasteiger partial charge on any atom is -0.0217 e. The fraction of sp³-hybridized carbons (Fsp3) is 1.00. The van der Waals surface area contributed by atoms with Crippen LogP contribution in [0.2, 0.25) is 0 Å². The van der Waals surface area contributed by atoms with E-state index in [0.717, 1.165) is 22.7 Å². The Morgan fingerprint density at radius 1 is 1.27 bits per heavy atom. The Balaban J connectivity index is 2.16. The molecule has 0 aliphatic heterocycles.